The first-order valence-corrected chi connectivity index (χ1v) is 8.73. The summed E-state index contributed by atoms with van der Waals surface area (Å²) in [4.78, 5) is 2.34. The second kappa shape index (κ2) is 6.24. The van der Waals surface area contributed by atoms with Gasteiger partial charge >= 0.3 is 0 Å². The topological polar surface area (TPSA) is 64.3 Å². The van der Waals surface area contributed by atoms with Crippen LogP contribution in [-0.2, 0) is 0 Å². The van der Waals surface area contributed by atoms with Gasteiger partial charge in [0, 0.05) is 12.6 Å². The predicted molar refractivity (Wildman–Crippen MR) is 92.5 cm³/mol. The summed E-state index contributed by atoms with van der Waals surface area (Å²) in [7, 11) is 1.70. The van der Waals surface area contributed by atoms with Crippen LogP contribution >= 0.6 is 11.3 Å². The smallest absolute Gasteiger partial charge is 0.209 e. The molecule has 1 fully saturated rings. The summed E-state index contributed by atoms with van der Waals surface area (Å²) < 4.78 is 10.3. The Kier molecular flexibility index (Phi) is 3.93. The number of aryl methyl sites for hydroxylation is 1. The van der Waals surface area contributed by atoms with Crippen LogP contribution < -0.4 is 9.64 Å². The van der Waals surface area contributed by atoms with Crippen molar-refractivity contribution >= 4 is 16.5 Å². The molecule has 124 valence electrons. The molecule has 6 nitrogen and oxygen atoms in total. The fourth-order valence-corrected chi connectivity index (χ4v) is 4.09. The van der Waals surface area contributed by atoms with Gasteiger partial charge in [0.25, 0.3) is 0 Å². The van der Waals surface area contributed by atoms with Crippen LogP contribution in [0.25, 0.3) is 10.7 Å². The van der Waals surface area contributed by atoms with Gasteiger partial charge in [0.05, 0.1) is 13.2 Å². The molecule has 0 amide bonds. The average molecular weight is 342 g/mol. The monoisotopic (exact) mass is 342 g/mol. The lowest BCUT2D eigenvalue weighted by molar-refractivity contribution is 0.411. The van der Waals surface area contributed by atoms with Crippen LogP contribution in [0.2, 0.25) is 0 Å². The van der Waals surface area contributed by atoms with Crippen molar-refractivity contribution in [3.63, 3.8) is 0 Å². The van der Waals surface area contributed by atoms with E-state index >= 15 is 0 Å². The van der Waals surface area contributed by atoms with Crippen LogP contribution in [-0.4, -0.2) is 29.0 Å². The number of ether oxygens (including phenoxy) is 1. The van der Waals surface area contributed by atoms with Crippen molar-refractivity contribution in [1.82, 2.24) is 15.4 Å². The largest absolute Gasteiger partial charge is 0.496 e. The molecule has 4 rings (SSSR count). The molecule has 0 N–H and O–H groups in total. The van der Waals surface area contributed by atoms with Crippen molar-refractivity contribution in [2.24, 2.45) is 0 Å². The van der Waals surface area contributed by atoms with E-state index in [9.17, 15) is 0 Å². The van der Waals surface area contributed by atoms with Crippen molar-refractivity contribution < 1.29 is 9.26 Å². The van der Waals surface area contributed by atoms with Crippen molar-refractivity contribution in [2.75, 3.05) is 18.6 Å². The summed E-state index contributed by atoms with van der Waals surface area (Å²) in [5.41, 5.74) is 3.18. The third kappa shape index (κ3) is 2.65. The molecule has 0 radical (unpaired) electrons. The molecule has 1 atom stereocenters. The molecule has 1 saturated heterocycles. The Balaban J connectivity index is 1.62. The minimum absolute atomic E-state index is 0.327. The highest BCUT2D eigenvalue weighted by Gasteiger charge is 2.29. The number of methoxy groups -OCH3 is 1. The number of rotatable bonds is 4. The molecule has 24 heavy (non-hydrogen) atoms. The van der Waals surface area contributed by atoms with Gasteiger partial charge in [-0.15, -0.1) is 10.2 Å². The Hall–Kier alpha value is -2.41. The zero-order valence-corrected chi connectivity index (χ0v) is 14.4. The zero-order chi connectivity index (χ0) is 16.5. The number of hydrogen-bond acceptors (Lipinski definition) is 7. The first-order valence-electron chi connectivity index (χ1n) is 7.91. The summed E-state index contributed by atoms with van der Waals surface area (Å²) in [5, 5.41) is 14.3. The molecule has 1 unspecified atom stereocenters. The molecule has 1 aromatic carbocycles. The Bertz CT molecular complexity index is 831. The quantitative estimate of drug-likeness (QED) is 0.717. The first-order chi connectivity index (χ1) is 11.8. The van der Waals surface area contributed by atoms with Gasteiger partial charge in [-0.25, -0.2) is 0 Å². The molecule has 2 aromatic heterocycles. The first kappa shape index (κ1) is 15.1. The number of hydrogen-bond donors (Lipinski definition) is 0. The van der Waals surface area contributed by atoms with E-state index in [4.69, 9.17) is 9.26 Å². The molecule has 7 heteroatoms. The molecule has 3 aromatic rings. The lowest BCUT2D eigenvalue weighted by Gasteiger charge is -2.24. The molecular weight excluding hydrogens is 324 g/mol. The molecular formula is C17H18N4O2S. The summed E-state index contributed by atoms with van der Waals surface area (Å²) in [5.74, 6) is 0.924. The van der Waals surface area contributed by atoms with Gasteiger partial charge in [-0.05, 0) is 37.0 Å². The van der Waals surface area contributed by atoms with E-state index in [0.717, 1.165) is 46.5 Å². The van der Waals surface area contributed by atoms with Crippen LogP contribution in [0.3, 0.4) is 0 Å². The lowest BCUT2D eigenvalue weighted by atomic mass is 10.0. The third-order valence-electron chi connectivity index (χ3n) is 4.37. The highest BCUT2D eigenvalue weighted by molar-refractivity contribution is 7.18. The number of anilines is 1. The van der Waals surface area contributed by atoms with E-state index in [1.165, 1.54) is 5.56 Å². The lowest BCUT2D eigenvalue weighted by Crippen LogP contribution is -2.22. The van der Waals surface area contributed by atoms with Crippen LogP contribution in [0, 0.1) is 6.92 Å². The number of nitrogens with zero attached hydrogens (tertiary/aromatic N) is 4. The Morgan fingerprint density at radius 1 is 1.29 bits per heavy atom. The van der Waals surface area contributed by atoms with Crippen molar-refractivity contribution in [1.29, 1.82) is 0 Å². The van der Waals surface area contributed by atoms with E-state index in [1.807, 2.05) is 6.07 Å². The third-order valence-corrected chi connectivity index (χ3v) is 5.36. The number of aromatic nitrogens is 3. The standard InChI is InChI=1S/C17H18N4O2S/c1-11-10-12(5-6-15(11)22-2)14-4-3-8-21(14)17-19-18-16(24-17)13-7-9-23-20-13/h5-7,9-10,14H,3-4,8H2,1-2H3. The minimum Gasteiger partial charge on any atom is -0.496 e. The summed E-state index contributed by atoms with van der Waals surface area (Å²) >= 11 is 1.55. The maximum Gasteiger partial charge on any atom is 0.209 e. The fraction of sp³-hybridized carbons (Fsp3) is 0.353. The maximum absolute atomic E-state index is 5.37. The van der Waals surface area contributed by atoms with Gasteiger partial charge in [0.1, 0.15) is 17.7 Å². The predicted octanol–water partition coefficient (Wildman–Crippen LogP) is 3.85. The fourth-order valence-electron chi connectivity index (χ4n) is 3.21. The van der Waals surface area contributed by atoms with Gasteiger partial charge < -0.3 is 14.2 Å². The van der Waals surface area contributed by atoms with Crippen LogP contribution in [0.4, 0.5) is 5.13 Å². The zero-order valence-electron chi connectivity index (χ0n) is 13.6. The van der Waals surface area contributed by atoms with E-state index in [2.05, 4.69) is 39.3 Å². The Labute approximate surface area is 144 Å². The average Bonchev–Trinajstić information content (AvgIpc) is 3.33. The van der Waals surface area contributed by atoms with Gasteiger partial charge in [-0.1, -0.05) is 28.6 Å². The number of benzene rings is 1. The SMILES string of the molecule is COc1ccc(C2CCCN2c2nnc(-c3ccon3)s2)cc1C. The normalized spacial score (nSPS) is 17.4. The van der Waals surface area contributed by atoms with E-state index in [0.29, 0.717) is 6.04 Å². The highest BCUT2D eigenvalue weighted by Crippen LogP contribution is 2.39. The molecule has 1 aliphatic rings. The minimum atomic E-state index is 0.327. The van der Waals surface area contributed by atoms with E-state index in [1.54, 1.807) is 30.8 Å². The summed E-state index contributed by atoms with van der Waals surface area (Å²) in [6.07, 6.45) is 3.81. The van der Waals surface area contributed by atoms with Gasteiger partial charge in [0.2, 0.25) is 5.13 Å². The van der Waals surface area contributed by atoms with E-state index < -0.39 is 0 Å². The molecule has 1 aliphatic heterocycles. The summed E-state index contributed by atoms with van der Waals surface area (Å²) in [6, 6.07) is 8.53. The van der Waals surface area contributed by atoms with Crippen molar-refractivity contribution in [3.8, 4) is 16.5 Å². The van der Waals surface area contributed by atoms with Gasteiger partial charge in [0.15, 0.2) is 5.01 Å². The molecule has 0 spiro atoms. The van der Waals surface area contributed by atoms with Crippen LogP contribution in [0.1, 0.15) is 30.0 Å². The van der Waals surface area contributed by atoms with Gasteiger partial charge in [-0.2, -0.15) is 0 Å². The van der Waals surface area contributed by atoms with Crippen LogP contribution in [0.5, 0.6) is 5.75 Å². The Morgan fingerprint density at radius 3 is 2.96 bits per heavy atom. The molecule has 3 heterocycles. The summed E-state index contributed by atoms with van der Waals surface area (Å²) in [6.45, 7) is 3.07. The van der Waals surface area contributed by atoms with E-state index in [-0.39, 0.29) is 0 Å². The molecule has 0 saturated carbocycles. The molecule has 0 bridgehead atoms. The van der Waals surface area contributed by atoms with Crippen LogP contribution in [0.15, 0.2) is 35.1 Å². The second-order valence-corrected chi connectivity index (χ2v) is 6.81. The van der Waals surface area contributed by atoms with Gasteiger partial charge in [-0.3, -0.25) is 0 Å². The maximum atomic E-state index is 5.37. The van der Waals surface area contributed by atoms with Crippen molar-refractivity contribution in [3.05, 3.63) is 41.7 Å². The van der Waals surface area contributed by atoms with Crippen molar-refractivity contribution in [2.45, 2.75) is 25.8 Å². The second-order valence-electron chi connectivity index (χ2n) is 5.85. The Morgan fingerprint density at radius 2 is 2.21 bits per heavy atom. The highest BCUT2D eigenvalue weighted by atomic mass is 32.1. The molecule has 0 aliphatic carbocycles.